The van der Waals surface area contributed by atoms with Gasteiger partial charge in [0.1, 0.15) is 17.8 Å². The van der Waals surface area contributed by atoms with E-state index in [0.29, 0.717) is 12.5 Å². The molecule has 6 atom stereocenters. The lowest BCUT2D eigenvalue weighted by Gasteiger charge is -2.35. The van der Waals surface area contributed by atoms with E-state index in [2.05, 4.69) is 29.3 Å². The van der Waals surface area contributed by atoms with Crippen molar-refractivity contribution in [1.29, 1.82) is 0 Å². The van der Waals surface area contributed by atoms with Crippen molar-refractivity contribution in [3.63, 3.8) is 0 Å². The number of fused-ring (bicyclic) bond motifs is 5. The standard InChI is InChI=1S/C19H25NO5/c1-18(2)24-16-17(25-18)23-15-14-13(9-19(15,16)21-3)11-22-20(14)10-12-7-5-4-6-8-12/h4-8,13-17H,9-11H2,1-3H3/t13-,14+,15-,16+,17-,19-/m1/s1. The Morgan fingerprint density at radius 2 is 1.96 bits per heavy atom. The first kappa shape index (κ1) is 16.2. The maximum atomic E-state index is 6.33. The largest absolute Gasteiger partial charge is 0.373 e. The van der Waals surface area contributed by atoms with Crippen LogP contribution in [-0.4, -0.2) is 54.7 Å². The fourth-order valence-corrected chi connectivity index (χ4v) is 5.01. The van der Waals surface area contributed by atoms with Crippen LogP contribution in [0.2, 0.25) is 0 Å². The lowest BCUT2D eigenvalue weighted by atomic mass is 9.93. The Bertz CT molecular complexity index is 652. The van der Waals surface area contributed by atoms with Crippen molar-refractivity contribution in [2.75, 3.05) is 13.7 Å². The van der Waals surface area contributed by atoms with Crippen LogP contribution in [0.4, 0.5) is 0 Å². The van der Waals surface area contributed by atoms with Gasteiger partial charge in [-0.1, -0.05) is 30.3 Å². The summed E-state index contributed by atoms with van der Waals surface area (Å²) < 4.78 is 24.5. The van der Waals surface area contributed by atoms with E-state index < -0.39 is 11.4 Å². The minimum atomic E-state index is -0.635. The Balaban J connectivity index is 1.42. The summed E-state index contributed by atoms with van der Waals surface area (Å²) >= 11 is 0. The van der Waals surface area contributed by atoms with Gasteiger partial charge in [0.15, 0.2) is 12.1 Å². The highest BCUT2D eigenvalue weighted by Gasteiger charge is 2.72. The minimum Gasteiger partial charge on any atom is -0.373 e. The van der Waals surface area contributed by atoms with Crippen molar-refractivity contribution in [2.45, 2.75) is 62.7 Å². The number of rotatable bonds is 3. The van der Waals surface area contributed by atoms with Crippen LogP contribution in [0.25, 0.3) is 0 Å². The van der Waals surface area contributed by atoms with E-state index in [9.17, 15) is 0 Å². The maximum absolute atomic E-state index is 6.33. The zero-order chi connectivity index (χ0) is 17.2. The number of benzene rings is 1. The van der Waals surface area contributed by atoms with E-state index in [1.54, 1.807) is 7.11 Å². The molecule has 0 aromatic heterocycles. The first-order valence-electron chi connectivity index (χ1n) is 9.02. The molecule has 4 fully saturated rings. The highest BCUT2D eigenvalue weighted by atomic mass is 16.8. The number of ether oxygens (including phenoxy) is 4. The van der Waals surface area contributed by atoms with Gasteiger partial charge in [-0.2, -0.15) is 5.06 Å². The van der Waals surface area contributed by atoms with Crippen LogP contribution in [0.5, 0.6) is 0 Å². The molecule has 4 aliphatic rings. The van der Waals surface area contributed by atoms with Crippen LogP contribution in [0, 0.1) is 5.92 Å². The highest BCUT2D eigenvalue weighted by Crippen LogP contribution is 2.56. The summed E-state index contributed by atoms with van der Waals surface area (Å²) in [6.07, 6.45) is 0.187. The average Bonchev–Trinajstić information content (AvgIpc) is 3.26. The molecule has 5 rings (SSSR count). The third-order valence-electron chi connectivity index (χ3n) is 6.02. The van der Waals surface area contributed by atoms with Gasteiger partial charge in [-0.15, -0.1) is 0 Å². The molecule has 0 N–H and O–H groups in total. The van der Waals surface area contributed by atoms with Crippen LogP contribution in [0.15, 0.2) is 30.3 Å². The Morgan fingerprint density at radius 1 is 1.16 bits per heavy atom. The highest BCUT2D eigenvalue weighted by molar-refractivity contribution is 5.19. The number of nitrogens with zero attached hydrogens (tertiary/aromatic N) is 1. The van der Waals surface area contributed by atoms with Gasteiger partial charge < -0.3 is 18.9 Å². The molecule has 0 unspecified atom stereocenters. The van der Waals surface area contributed by atoms with Gasteiger partial charge in [-0.25, -0.2) is 0 Å². The molecular formula is C19H25NO5. The molecule has 3 heterocycles. The van der Waals surface area contributed by atoms with Crippen molar-refractivity contribution < 1.29 is 23.8 Å². The van der Waals surface area contributed by atoms with E-state index >= 15 is 0 Å². The molecule has 0 spiro atoms. The maximum Gasteiger partial charge on any atom is 0.190 e. The van der Waals surface area contributed by atoms with Gasteiger partial charge in [0.2, 0.25) is 0 Å². The topological polar surface area (TPSA) is 49.4 Å². The predicted octanol–water partition coefficient (Wildman–Crippen LogP) is 2.08. The third kappa shape index (κ3) is 2.32. The molecule has 0 amide bonds. The van der Waals surface area contributed by atoms with Crippen LogP contribution in [0.1, 0.15) is 25.8 Å². The summed E-state index contributed by atoms with van der Waals surface area (Å²) in [4.78, 5) is 6.00. The fourth-order valence-electron chi connectivity index (χ4n) is 5.01. The van der Waals surface area contributed by atoms with E-state index in [1.165, 1.54) is 5.56 Å². The minimum absolute atomic E-state index is 0.111. The number of methoxy groups -OCH3 is 1. The average molecular weight is 347 g/mol. The Kier molecular flexibility index (Phi) is 3.55. The third-order valence-corrected chi connectivity index (χ3v) is 6.02. The zero-order valence-electron chi connectivity index (χ0n) is 14.9. The molecule has 3 saturated heterocycles. The Labute approximate surface area is 147 Å². The first-order chi connectivity index (χ1) is 12.0. The van der Waals surface area contributed by atoms with Crippen molar-refractivity contribution in [3.05, 3.63) is 35.9 Å². The zero-order valence-corrected chi connectivity index (χ0v) is 14.9. The molecule has 3 aliphatic heterocycles. The van der Waals surface area contributed by atoms with E-state index in [-0.39, 0.29) is 24.5 Å². The van der Waals surface area contributed by atoms with Crippen LogP contribution in [-0.2, 0) is 30.3 Å². The van der Waals surface area contributed by atoms with Crippen LogP contribution < -0.4 is 0 Å². The number of hydrogen-bond acceptors (Lipinski definition) is 6. The summed E-state index contributed by atoms with van der Waals surface area (Å²) in [5.41, 5.74) is 0.761. The molecule has 6 heteroatoms. The van der Waals surface area contributed by atoms with Crippen molar-refractivity contribution in [1.82, 2.24) is 5.06 Å². The molecule has 0 radical (unpaired) electrons. The summed E-state index contributed by atoms with van der Waals surface area (Å²) in [6, 6.07) is 10.5. The normalized spacial score (nSPS) is 44.7. The van der Waals surface area contributed by atoms with Gasteiger partial charge in [0.25, 0.3) is 0 Å². The van der Waals surface area contributed by atoms with Gasteiger partial charge >= 0.3 is 0 Å². The van der Waals surface area contributed by atoms with E-state index in [4.69, 9.17) is 23.8 Å². The Hall–Kier alpha value is -1.02. The van der Waals surface area contributed by atoms with Gasteiger partial charge in [-0.05, 0) is 25.8 Å². The van der Waals surface area contributed by atoms with Crippen LogP contribution >= 0.6 is 0 Å². The van der Waals surface area contributed by atoms with Crippen molar-refractivity contribution in [2.24, 2.45) is 5.92 Å². The van der Waals surface area contributed by atoms with E-state index in [1.807, 2.05) is 19.9 Å². The lowest BCUT2D eigenvalue weighted by Crippen LogP contribution is -2.51. The van der Waals surface area contributed by atoms with Gasteiger partial charge in [0, 0.05) is 19.6 Å². The van der Waals surface area contributed by atoms with E-state index in [0.717, 1.165) is 13.0 Å². The van der Waals surface area contributed by atoms with Crippen molar-refractivity contribution >= 4 is 0 Å². The Morgan fingerprint density at radius 3 is 2.72 bits per heavy atom. The molecule has 6 nitrogen and oxygen atoms in total. The fraction of sp³-hybridized carbons (Fsp3) is 0.684. The molecule has 136 valence electrons. The molecule has 1 aromatic rings. The van der Waals surface area contributed by atoms with Crippen LogP contribution in [0.3, 0.4) is 0 Å². The second-order valence-electron chi connectivity index (χ2n) is 7.95. The molecular weight excluding hydrogens is 322 g/mol. The summed E-state index contributed by atoms with van der Waals surface area (Å²) in [7, 11) is 1.76. The lowest BCUT2D eigenvalue weighted by molar-refractivity contribution is -0.246. The predicted molar refractivity (Wildman–Crippen MR) is 88.3 cm³/mol. The number of hydroxylamine groups is 2. The molecule has 1 saturated carbocycles. The molecule has 1 aliphatic carbocycles. The van der Waals surface area contributed by atoms with Crippen molar-refractivity contribution in [3.8, 4) is 0 Å². The van der Waals surface area contributed by atoms with Gasteiger partial charge in [-0.3, -0.25) is 4.84 Å². The second-order valence-corrected chi connectivity index (χ2v) is 7.95. The number of hydrogen-bond donors (Lipinski definition) is 0. The summed E-state index contributed by atoms with van der Waals surface area (Å²) in [6.45, 7) is 5.29. The molecule has 0 bridgehead atoms. The molecule has 25 heavy (non-hydrogen) atoms. The summed E-state index contributed by atoms with van der Waals surface area (Å²) in [5.74, 6) is -0.258. The molecule has 1 aromatic carbocycles. The first-order valence-corrected chi connectivity index (χ1v) is 9.02. The monoisotopic (exact) mass is 347 g/mol. The second kappa shape index (κ2) is 5.49. The van der Waals surface area contributed by atoms with Gasteiger partial charge in [0.05, 0.1) is 12.6 Å². The smallest absolute Gasteiger partial charge is 0.190 e. The quantitative estimate of drug-likeness (QED) is 0.834. The SMILES string of the molecule is CO[C@]12C[C@@H]3CON(Cc4ccccc4)[C@@H]3[C@H]1O[C@@H]1OC(C)(C)O[C@@H]12. The summed E-state index contributed by atoms with van der Waals surface area (Å²) in [5, 5.41) is 2.07.